The lowest BCUT2D eigenvalue weighted by Crippen LogP contribution is -2.28. The first-order valence-corrected chi connectivity index (χ1v) is 2.93. The molecule has 0 aromatic heterocycles. The summed E-state index contributed by atoms with van der Waals surface area (Å²) in [5.74, 6) is -0.222. The van der Waals surface area contributed by atoms with E-state index < -0.39 is 0 Å². The van der Waals surface area contributed by atoms with Crippen LogP contribution < -0.4 is 0 Å². The Morgan fingerprint density at radius 2 is 1.89 bits per heavy atom. The number of carbonyl (C=O) groups excluding carboxylic acids is 1. The Morgan fingerprint density at radius 1 is 1.22 bits per heavy atom. The van der Waals surface area contributed by atoms with Crippen LogP contribution in [-0.4, -0.2) is 12.1 Å². The van der Waals surface area contributed by atoms with Gasteiger partial charge in [-0.25, -0.2) is 0 Å². The predicted molar refractivity (Wildman–Crippen MR) is 31.6 cm³/mol. The van der Waals surface area contributed by atoms with Gasteiger partial charge in [-0.15, -0.1) is 0 Å². The van der Waals surface area contributed by atoms with Crippen LogP contribution in [0.5, 0.6) is 0 Å². The largest absolute Gasteiger partial charge is 0.453 e. The summed E-state index contributed by atoms with van der Waals surface area (Å²) >= 11 is 0. The molecule has 1 aliphatic carbocycles. The Bertz CT molecular complexity index is 189. The predicted octanol–water partition coefficient (Wildman–Crippen LogP) is 0.654. The number of hydrogen-bond acceptors (Lipinski definition) is 2. The van der Waals surface area contributed by atoms with E-state index in [9.17, 15) is 4.79 Å². The van der Waals surface area contributed by atoms with Crippen molar-refractivity contribution in [3.8, 4) is 0 Å². The lowest BCUT2D eigenvalue weighted by molar-refractivity contribution is -0.149. The Hall–Kier alpha value is -1.05. The van der Waals surface area contributed by atoms with Crippen LogP contribution in [0.3, 0.4) is 0 Å². The van der Waals surface area contributed by atoms with Crippen LogP contribution >= 0.6 is 0 Å². The molecule has 0 spiro atoms. The van der Waals surface area contributed by atoms with Gasteiger partial charge in [0.1, 0.15) is 6.10 Å². The zero-order valence-electron chi connectivity index (χ0n) is 4.78. The van der Waals surface area contributed by atoms with E-state index in [0.717, 1.165) is 0 Å². The summed E-state index contributed by atoms with van der Waals surface area (Å²) in [6.45, 7) is 0. The van der Waals surface area contributed by atoms with E-state index in [-0.39, 0.29) is 18.0 Å². The van der Waals surface area contributed by atoms with Crippen LogP contribution in [-0.2, 0) is 9.53 Å². The van der Waals surface area contributed by atoms with Crippen LogP contribution in [0, 0.1) is 5.92 Å². The van der Waals surface area contributed by atoms with Crippen LogP contribution in [0.25, 0.3) is 0 Å². The van der Waals surface area contributed by atoms with Gasteiger partial charge in [-0.1, -0.05) is 12.2 Å². The molecule has 0 saturated heterocycles. The molecule has 2 heteroatoms. The number of ether oxygens (including phenoxy) is 1. The summed E-state index contributed by atoms with van der Waals surface area (Å²) in [4.78, 5) is 10.7. The van der Waals surface area contributed by atoms with Gasteiger partial charge in [0.05, 0.1) is 5.92 Å². The average Bonchev–Trinajstić information content (AvgIpc) is 1.90. The Kier molecular flexibility index (Phi) is 0.781. The first kappa shape index (κ1) is 4.79. The second kappa shape index (κ2) is 1.47. The molecule has 0 aromatic carbocycles. The lowest BCUT2D eigenvalue weighted by atomic mass is 9.99. The van der Waals surface area contributed by atoms with Crippen molar-refractivity contribution in [1.29, 1.82) is 0 Å². The number of rotatable bonds is 0. The summed E-state index contributed by atoms with van der Waals surface area (Å²) in [7, 11) is 0. The van der Waals surface area contributed by atoms with Gasteiger partial charge in [0.15, 0.2) is 0 Å². The fraction of sp³-hybridized carbons (Fsp3) is 0.286. The molecule has 9 heavy (non-hydrogen) atoms. The van der Waals surface area contributed by atoms with Gasteiger partial charge in [-0.3, -0.25) is 4.79 Å². The van der Waals surface area contributed by atoms with Crippen LogP contribution in [0.4, 0.5) is 0 Å². The molecule has 2 bridgehead atoms. The molecular weight excluding hydrogens is 116 g/mol. The highest BCUT2D eigenvalue weighted by Crippen LogP contribution is 2.20. The van der Waals surface area contributed by atoms with E-state index in [2.05, 4.69) is 0 Å². The summed E-state index contributed by atoms with van der Waals surface area (Å²) < 4.78 is 4.87. The summed E-state index contributed by atoms with van der Waals surface area (Å²) in [6, 6.07) is 0. The first-order chi connectivity index (χ1) is 4.36. The third-order valence-corrected chi connectivity index (χ3v) is 1.54. The maximum atomic E-state index is 10.7. The quantitative estimate of drug-likeness (QED) is 0.348. The minimum atomic E-state index is -0.120. The van der Waals surface area contributed by atoms with Crippen LogP contribution in [0.2, 0.25) is 0 Å². The summed E-state index contributed by atoms with van der Waals surface area (Å²) in [6.07, 6.45) is 7.45. The van der Waals surface area contributed by atoms with Gasteiger partial charge >= 0.3 is 5.97 Å². The Labute approximate surface area is 52.8 Å². The molecule has 0 fully saturated rings. The van der Waals surface area contributed by atoms with Crippen molar-refractivity contribution in [2.75, 3.05) is 0 Å². The number of fused-ring (bicyclic) bond motifs is 1. The maximum absolute atomic E-state index is 10.7. The zero-order chi connectivity index (χ0) is 6.27. The van der Waals surface area contributed by atoms with Crippen molar-refractivity contribution in [1.82, 2.24) is 0 Å². The Balaban J connectivity index is 2.40. The van der Waals surface area contributed by atoms with E-state index in [0.29, 0.717) is 0 Å². The summed E-state index contributed by atoms with van der Waals surface area (Å²) in [5.41, 5.74) is 0. The molecule has 2 heterocycles. The highest BCUT2D eigenvalue weighted by molar-refractivity contribution is 5.79. The third-order valence-electron chi connectivity index (χ3n) is 1.54. The normalized spacial score (nSPS) is 37.1. The Morgan fingerprint density at radius 3 is 2.11 bits per heavy atom. The van der Waals surface area contributed by atoms with E-state index in [1.54, 1.807) is 0 Å². The van der Waals surface area contributed by atoms with Gasteiger partial charge in [0.2, 0.25) is 0 Å². The second-order valence-electron chi connectivity index (χ2n) is 2.20. The SMILES string of the molecule is O=C1OC2C=CC1C=C2. The molecule has 0 atom stereocenters. The van der Waals surface area contributed by atoms with Crippen molar-refractivity contribution in [3.05, 3.63) is 24.3 Å². The van der Waals surface area contributed by atoms with E-state index in [4.69, 9.17) is 4.74 Å². The van der Waals surface area contributed by atoms with Crippen molar-refractivity contribution >= 4 is 5.97 Å². The second-order valence-corrected chi connectivity index (χ2v) is 2.20. The van der Waals surface area contributed by atoms with Gasteiger partial charge < -0.3 is 4.74 Å². The number of esters is 1. The van der Waals surface area contributed by atoms with E-state index in [1.807, 2.05) is 24.3 Å². The van der Waals surface area contributed by atoms with Gasteiger partial charge in [0.25, 0.3) is 0 Å². The molecule has 0 amide bonds. The molecule has 46 valence electrons. The van der Waals surface area contributed by atoms with Gasteiger partial charge in [-0.2, -0.15) is 0 Å². The molecule has 0 radical (unpaired) electrons. The number of hydrogen-bond donors (Lipinski definition) is 0. The van der Waals surface area contributed by atoms with Gasteiger partial charge in [0, 0.05) is 0 Å². The average molecular weight is 122 g/mol. The standard InChI is InChI=1S/C7H6O2/c8-7-5-1-3-6(9-7)4-2-5/h1-6H. The van der Waals surface area contributed by atoms with Gasteiger partial charge in [-0.05, 0) is 12.2 Å². The van der Waals surface area contributed by atoms with E-state index in [1.165, 1.54) is 0 Å². The highest BCUT2D eigenvalue weighted by Gasteiger charge is 2.26. The molecule has 0 aromatic rings. The molecule has 2 nitrogen and oxygen atoms in total. The summed E-state index contributed by atoms with van der Waals surface area (Å²) in [5, 5.41) is 0. The zero-order valence-corrected chi connectivity index (χ0v) is 4.78. The van der Waals surface area contributed by atoms with Crippen molar-refractivity contribution in [3.63, 3.8) is 0 Å². The third kappa shape index (κ3) is 0.593. The molecule has 2 aliphatic heterocycles. The van der Waals surface area contributed by atoms with E-state index >= 15 is 0 Å². The minimum Gasteiger partial charge on any atom is -0.453 e. The monoisotopic (exact) mass is 122 g/mol. The van der Waals surface area contributed by atoms with Crippen LogP contribution in [0.1, 0.15) is 0 Å². The molecular formula is C7H6O2. The molecule has 0 saturated carbocycles. The van der Waals surface area contributed by atoms with Crippen molar-refractivity contribution < 1.29 is 9.53 Å². The molecule has 0 N–H and O–H groups in total. The first-order valence-electron chi connectivity index (χ1n) is 2.93. The fourth-order valence-electron chi connectivity index (χ4n) is 1.04. The molecule has 0 unspecified atom stereocenters. The maximum Gasteiger partial charge on any atom is 0.317 e. The molecule has 3 aliphatic rings. The van der Waals surface area contributed by atoms with Crippen LogP contribution in [0.15, 0.2) is 24.3 Å². The topological polar surface area (TPSA) is 26.3 Å². The lowest BCUT2D eigenvalue weighted by Gasteiger charge is -2.23. The smallest absolute Gasteiger partial charge is 0.317 e. The fourth-order valence-corrected chi connectivity index (χ4v) is 1.04. The number of carbonyl (C=O) groups is 1. The highest BCUT2D eigenvalue weighted by atomic mass is 16.5. The van der Waals surface area contributed by atoms with Crippen molar-refractivity contribution in [2.24, 2.45) is 5.92 Å². The minimum absolute atomic E-state index is 0.0810. The molecule has 3 rings (SSSR count). The van der Waals surface area contributed by atoms with Crippen molar-refractivity contribution in [2.45, 2.75) is 6.10 Å².